The van der Waals surface area contributed by atoms with Crippen LogP contribution in [0, 0.1) is 0 Å². The zero-order valence-corrected chi connectivity index (χ0v) is 19.2. The van der Waals surface area contributed by atoms with Gasteiger partial charge in [0, 0.05) is 28.5 Å². The molecule has 1 amide bonds. The van der Waals surface area contributed by atoms with E-state index < -0.39 is 29.9 Å². The quantitative estimate of drug-likeness (QED) is 0.376. The van der Waals surface area contributed by atoms with Crippen LogP contribution in [0.1, 0.15) is 16.2 Å². The van der Waals surface area contributed by atoms with Crippen LogP contribution < -0.4 is 4.74 Å². The average Bonchev–Trinajstić information content (AvgIpc) is 3.41. The number of amides is 1. The van der Waals surface area contributed by atoms with Gasteiger partial charge in [0.15, 0.2) is 5.69 Å². The zero-order valence-electron chi connectivity index (χ0n) is 16.8. The number of halogens is 7. The highest BCUT2D eigenvalue weighted by Gasteiger charge is 2.34. The number of aromatic nitrogens is 3. The monoisotopic (exact) mass is 566 g/mol. The number of hydrogen-bond donors (Lipinski definition) is 0. The van der Waals surface area contributed by atoms with Crippen LogP contribution in [0.5, 0.6) is 5.75 Å². The summed E-state index contributed by atoms with van der Waals surface area (Å²) >= 11 is 4.64. The van der Waals surface area contributed by atoms with Gasteiger partial charge in [-0.1, -0.05) is 15.9 Å². The minimum atomic E-state index is -4.96. The van der Waals surface area contributed by atoms with E-state index in [2.05, 4.69) is 30.7 Å². The maximum Gasteiger partial charge on any atom is 0.573 e. The standard InChI is InChI=1S/C20H13BrF6N4O2S/c21-12-5-11(6-14(7-12)33-20(25,26)27)16-9-15(18(32)30-3-4-34-10-30)29-31(16)13-1-2-28-17(8-13)19(22,23)24/h1-2,5-9H,3-4,10H2. The lowest BCUT2D eigenvalue weighted by atomic mass is 10.1. The van der Waals surface area contributed by atoms with E-state index in [1.807, 2.05) is 0 Å². The molecule has 1 aliphatic heterocycles. The topological polar surface area (TPSA) is 60.3 Å². The third-order valence-corrected chi connectivity index (χ3v) is 6.07. The van der Waals surface area contributed by atoms with E-state index in [9.17, 15) is 31.1 Å². The third-order valence-electron chi connectivity index (χ3n) is 4.65. The third kappa shape index (κ3) is 5.49. The molecule has 1 aliphatic rings. The van der Waals surface area contributed by atoms with Crippen molar-refractivity contribution in [3.8, 4) is 22.7 Å². The minimum Gasteiger partial charge on any atom is -0.406 e. The Balaban J connectivity index is 1.86. The second-order valence-corrected chi connectivity index (χ2v) is 9.04. The molecule has 14 heteroatoms. The fraction of sp³-hybridized carbons (Fsp3) is 0.250. The van der Waals surface area contributed by atoms with E-state index in [0.717, 1.165) is 34.8 Å². The highest BCUT2D eigenvalue weighted by molar-refractivity contribution is 9.10. The van der Waals surface area contributed by atoms with Crippen LogP contribution in [-0.2, 0) is 6.18 Å². The Kier molecular flexibility index (Phi) is 6.55. The van der Waals surface area contributed by atoms with E-state index in [-0.39, 0.29) is 27.1 Å². The van der Waals surface area contributed by atoms with Crippen LogP contribution in [0.2, 0.25) is 0 Å². The van der Waals surface area contributed by atoms with Gasteiger partial charge in [0.2, 0.25) is 0 Å². The number of carbonyl (C=O) groups is 1. The molecule has 180 valence electrons. The van der Waals surface area contributed by atoms with Crippen molar-refractivity contribution in [3.05, 3.63) is 58.5 Å². The Morgan fingerprint density at radius 1 is 1.09 bits per heavy atom. The summed E-state index contributed by atoms with van der Waals surface area (Å²) in [4.78, 5) is 17.7. The maximum absolute atomic E-state index is 13.2. The van der Waals surface area contributed by atoms with Crippen LogP contribution in [0.4, 0.5) is 26.3 Å². The van der Waals surface area contributed by atoms with Gasteiger partial charge in [-0.25, -0.2) is 4.68 Å². The summed E-state index contributed by atoms with van der Waals surface area (Å²) in [6.07, 6.45) is -8.76. The molecule has 0 unspecified atom stereocenters. The lowest BCUT2D eigenvalue weighted by molar-refractivity contribution is -0.274. The molecular weight excluding hydrogens is 554 g/mol. The summed E-state index contributed by atoms with van der Waals surface area (Å²) < 4.78 is 83.2. The van der Waals surface area contributed by atoms with E-state index in [0.29, 0.717) is 12.4 Å². The largest absolute Gasteiger partial charge is 0.573 e. The molecule has 1 aromatic carbocycles. The predicted molar refractivity (Wildman–Crippen MR) is 115 cm³/mol. The summed E-state index contributed by atoms with van der Waals surface area (Å²) in [7, 11) is 0. The molecule has 0 radical (unpaired) electrons. The molecule has 0 spiro atoms. The van der Waals surface area contributed by atoms with Gasteiger partial charge >= 0.3 is 12.5 Å². The fourth-order valence-electron chi connectivity index (χ4n) is 3.23. The van der Waals surface area contributed by atoms with E-state index in [4.69, 9.17) is 0 Å². The fourth-order valence-corrected chi connectivity index (χ4v) is 4.65. The molecule has 3 aromatic rings. The molecule has 34 heavy (non-hydrogen) atoms. The molecule has 1 saturated heterocycles. The van der Waals surface area contributed by atoms with E-state index >= 15 is 0 Å². The lowest BCUT2D eigenvalue weighted by Gasteiger charge is -2.13. The first-order valence-electron chi connectivity index (χ1n) is 9.48. The molecule has 6 nitrogen and oxygen atoms in total. The normalized spacial score (nSPS) is 14.5. The predicted octanol–water partition coefficient (Wildman–Crippen LogP) is 5.76. The summed E-state index contributed by atoms with van der Waals surface area (Å²) in [5.74, 6) is 0.146. The molecular formula is C20H13BrF6N4O2S. The number of carbonyl (C=O) groups excluding carboxylic acids is 1. The van der Waals surface area contributed by atoms with E-state index in [1.165, 1.54) is 34.9 Å². The van der Waals surface area contributed by atoms with Crippen LogP contribution >= 0.6 is 27.7 Å². The summed E-state index contributed by atoms with van der Waals surface area (Å²) in [6.45, 7) is 0.472. The van der Waals surface area contributed by atoms with Gasteiger partial charge in [-0.15, -0.1) is 24.9 Å². The van der Waals surface area contributed by atoms with Crippen molar-refractivity contribution in [2.45, 2.75) is 12.5 Å². The molecule has 2 aromatic heterocycles. The lowest BCUT2D eigenvalue weighted by Crippen LogP contribution is -2.28. The molecule has 0 aliphatic carbocycles. The number of ether oxygens (including phenoxy) is 1. The maximum atomic E-state index is 13.2. The minimum absolute atomic E-state index is 0.0684. The number of benzene rings is 1. The first-order chi connectivity index (χ1) is 15.9. The first kappa shape index (κ1) is 24.4. The van der Waals surface area contributed by atoms with Crippen molar-refractivity contribution in [3.63, 3.8) is 0 Å². The molecule has 0 atom stereocenters. The average molecular weight is 567 g/mol. The number of thioether (sulfide) groups is 1. The van der Waals surface area contributed by atoms with Crippen LogP contribution in [0.3, 0.4) is 0 Å². The van der Waals surface area contributed by atoms with Crippen LogP contribution in [-0.4, -0.2) is 50.1 Å². The highest BCUT2D eigenvalue weighted by atomic mass is 79.9. The van der Waals surface area contributed by atoms with Crippen molar-refractivity contribution >= 4 is 33.6 Å². The zero-order chi connectivity index (χ0) is 24.7. The molecule has 0 saturated carbocycles. The number of pyridine rings is 1. The smallest absolute Gasteiger partial charge is 0.406 e. The number of hydrogen-bond acceptors (Lipinski definition) is 5. The van der Waals surface area contributed by atoms with Gasteiger partial charge in [0.05, 0.1) is 17.3 Å². The number of nitrogens with zero attached hydrogens (tertiary/aromatic N) is 4. The highest BCUT2D eigenvalue weighted by Crippen LogP contribution is 2.35. The van der Waals surface area contributed by atoms with Gasteiger partial charge in [0.1, 0.15) is 11.4 Å². The van der Waals surface area contributed by atoms with Crippen molar-refractivity contribution in [1.29, 1.82) is 0 Å². The summed E-state index contributed by atoms with van der Waals surface area (Å²) in [6, 6.07) is 6.87. The Bertz CT molecular complexity index is 1220. The first-order valence-corrected chi connectivity index (χ1v) is 11.4. The van der Waals surface area contributed by atoms with Gasteiger partial charge < -0.3 is 9.64 Å². The van der Waals surface area contributed by atoms with Crippen molar-refractivity contribution < 1.29 is 35.9 Å². The van der Waals surface area contributed by atoms with Gasteiger partial charge in [-0.3, -0.25) is 9.78 Å². The van der Waals surface area contributed by atoms with Crippen LogP contribution in [0.25, 0.3) is 16.9 Å². The summed E-state index contributed by atoms with van der Waals surface area (Å²) in [5, 5.41) is 4.20. The van der Waals surface area contributed by atoms with Gasteiger partial charge in [-0.05, 0) is 36.4 Å². The second-order valence-electron chi connectivity index (χ2n) is 7.05. The second kappa shape index (κ2) is 9.13. The summed E-state index contributed by atoms with van der Waals surface area (Å²) in [5.41, 5.74) is -1.12. The molecule has 1 fully saturated rings. The molecule has 3 heterocycles. The molecule has 0 N–H and O–H groups in total. The molecule has 0 bridgehead atoms. The number of alkyl halides is 6. The van der Waals surface area contributed by atoms with Crippen molar-refractivity contribution in [2.24, 2.45) is 0 Å². The SMILES string of the molecule is O=C(c1cc(-c2cc(Br)cc(OC(F)(F)F)c2)n(-c2ccnc(C(F)(F)F)c2)n1)N1CCSC1. The van der Waals surface area contributed by atoms with Gasteiger partial charge in [-0.2, -0.15) is 18.3 Å². The molecule has 4 rings (SSSR count). The Labute approximate surface area is 201 Å². The Morgan fingerprint density at radius 2 is 1.85 bits per heavy atom. The van der Waals surface area contributed by atoms with Crippen molar-refractivity contribution in [2.75, 3.05) is 18.2 Å². The van der Waals surface area contributed by atoms with Crippen molar-refractivity contribution in [1.82, 2.24) is 19.7 Å². The van der Waals surface area contributed by atoms with Gasteiger partial charge in [0.25, 0.3) is 5.91 Å². The Hall–Kier alpha value is -2.74. The Morgan fingerprint density at radius 3 is 2.50 bits per heavy atom. The number of rotatable bonds is 4. The van der Waals surface area contributed by atoms with Crippen LogP contribution in [0.15, 0.2) is 47.1 Å². The van der Waals surface area contributed by atoms with E-state index in [1.54, 1.807) is 0 Å².